The summed E-state index contributed by atoms with van der Waals surface area (Å²) in [6.45, 7) is 0. The van der Waals surface area contributed by atoms with Crippen LogP contribution in [-0.2, 0) is 0 Å². The summed E-state index contributed by atoms with van der Waals surface area (Å²) >= 11 is 6.59. The fourth-order valence-electron chi connectivity index (χ4n) is 2.47. The molecule has 3 aromatic rings. The predicted molar refractivity (Wildman–Crippen MR) is 109 cm³/mol. The largest absolute Gasteiger partial charge is 0.506 e. The normalized spacial score (nSPS) is 11.0. The molecule has 2 N–H and O–H groups in total. The molecule has 0 atom stereocenters. The van der Waals surface area contributed by atoms with Gasteiger partial charge in [-0.2, -0.15) is 5.10 Å². The zero-order valence-corrected chi connectivity index (χ0v) is 16.8. The molecule has 0 heterocycles. The first-order valence-electron chi connectivity index (χ1n) is 7.58. The number of hydrogen-bond acceptors (Lipinski definition) is 4. The van der Waals surface area contributed by atoms with Crippen LogP contribution in [0.5, 0.6) is 11.5 Å². The van der Waals surface area contributed by atoms with Crippen molar-refractivity contribution in [2.75, 3.05) is 7.11 Å². The summed E-state index contributed by atoms with van der Waals surface area (Å²) in [6, 6.07) is 14.7. The van der Waals surface area contributed by atoms with Gasteiger partial charge in [-0.25, -0.2) is 5.43 Å². The molecular formula is C19H14Br2N2O3. The highest BCUT2D eigenvalue weighted by molar-refractivity contribution is 9.11. The van der Waals surface area contributed by atoms with E-state index in [1.165, 1.54) is 13.3 Å². The van der Waals surface area contributed by atoms with E-state index < -0.39 is 5.91 Å². The Labute approximate surface area is 166 Å². The van der Waals surface area contributed by atoms with Gasteiger partial charge in [-0.3, -0.25) is 4.79 Å². The third kappa shape index (κ3) is 3.89. The second-order valence-electron chi connectivity index (χ2n) is 5.42. The fourth-order valence-corrected chi connectivity index (χ4v) is 3.73. The van der Waals surface area contributed by atoms with Gasteiger partial charge in [0.1, 0.15) is 11.5 Å². The monoisotopic (exact) mass is 476 g/mol. The van der Waals surface area contributed by atoms with Crippen LogP contribution in [0.3, 0.4) is 0 Å². The maximum Gasteiger partial charge on any atom is 0.275 e. The molecule has 0 aromatic heterocycles. The molecule has 1 amide bonds. The first kappa shape index (κ1) is 18.4. The van der Waals surface area contributed by atoms with E-state index >= 15 is 0 Å². The number of hydrogen-bond donors (Lipinski definition) is 2. The summed E-state index contributed by atoms with van der Waals surface area (Å²) in [4.78, 5) is 12.5. The highest BCUT2D eigenvalue weighted by atomic mass is 79.9. The first-order valence-corrected chi connectivity index (χ1v) is 9.16. The minimum Gasteiger partial charge on any atom is -0.506 e. The van der Waals surface area contributed by atoms with Crippen LogP contribution in [-0.4, -0.2) is 24.3 Å². The van der Waals surface area contributed by atoms with Gasteiger partial charge in [0, 0.05) is 10.0 Å². The topological polar surface area (TPSA) is 70.9 Å². The van der Waals surface area contributed by atoms with Gasteiger partial charge in [0.25, 0.3) is 5.91 Å². The highest BCUT2D eigenvalue weighted by Gasteiger charge is 2.13. The summed E-state index contributed by atoms with van der Waals surface area (Å²) in [5.74, 6) is 0.0938. The van der Waals surface area contributed by atoms with E-state index in [9.17, 15) is 9.90 Å². The van der Waals surface area contributed by atoms with Gasteiger partial charge in [0.2, 0.25) is 0 Å². The Hall–Kier alpha value is -2.38. The van der Waals surface area contributed by atoms with E-state index in [2.05, 4.69) is 42.4 Å². The summed E-state index contributed by atoms with van der Waals surface area (Å²) in [6.07, 6.45) is 1.37. The van der Waals surface area contributed by atoms with Crippen LogP contribution in [0.2, 0.25) is 0 Å². The molecule has 0 aliphatic carbocycles. The molecule has 26 heavy (non-hydrogen) atoms. The van der Waals surface area contributed by atoms with Crippen LogP contribution in [0.4, 0.5) is 0 Å². The van der Waals surface area contributed by atoms with E-state index in [-0.39, 0.29) is 5.75 Å². The Morgan fingerprint density at radius 1 is 1.15 bits per heavy atom. The summed E-state index contributed by atoms with van der Waals surface area (Å²) in [5.41, 5.74) is 3.30. The number of carbonyl (C=O) groups is 1. The van der Waals surface area contributed by atoms with Gasteiger partial charge < -0.3 is 9.84 Å². The quantitative estimate of drug-likeness (QED) is 0.417. The van der Waals surface area contributed by atoms with Gasteiger partial charge in [0.15, 0.2) is 0 Å². The second-order valence-corrected chi connectivity index (χ2v) is 7.19. The molecule has 0 radical (unpaired) electrons. The molecule has 0 aliphatic rings. The number of amides is 1. The molecule has 0 saturated heterocycles. The van der Waals surface area contributed by atoms with Crippen LogP contribution in [0, 0.1) is 0 Å². The van der Waals surface area contributed by atoms with Crippen molar-refractivity contribution in [2.45, 2.75) is 0 Å². The van der Waals surface area contributed by atoms with E-state index in [1.807, 2.05) is 30.3 Å². The molecule has 0 saturated carbocycles. The Morgan fingerprint density at radius 2 is 1.85 bits per heavy atom. The van der Waals surface area contributed by atoms with Crippen LogP contribution in [0.15, 0.2) is 62.6 Å². The van der Waals surface area contributed by atoms with E-state index in [4.69, 9.17) is 4.74 Å². The minimum atomic E-state index is -0.405. The number of aromatic hydroxyl groups is 1. The number of nitrogens with zero attached hydrogens (tertiary/aromatic N) is 1. The number of phenols is 1. The van der Waals surface area contributed by atoms with E-state index in [0.29, 0.717) is 21.3 Å². The summed E-state index contributed by atoms with van der Waals surface area (Å²) in [5, 5.41) is 15.9. The van der Waals surface area contributed by atoms with Gasteiger partial charge in [-0.05, 0) is 51.0 Å². The maximum absolute atomic E-state index is 12.5. The molecule has 0 bridgehead atoms. The maximum atomic E-state index is 12.5. The van der Waals surface area contributed by atoms with Crippen molar-refractivity contribution < 1.29 is 14.6 Å². The van der Waals surface area contributed by atoms with Crippen LogP contribution in [0.1, 0.15) is 15.9 Å². The smallest absolute Gasteiger partial charge is 0.275 e. The lowest BCUT2D eigenvalue weighted by Gasteiger charge is -2.09. The fraction of sp³-hybridized carbons (Fsp3) is 0.0526. The lowest BCUT2D eigenvalue weighted by atomic mass is 10.1. The standard InChI is InChI=1S/C19H14Br2N2O3/c1-26-17-8-12-5-3-2-4-11(12)7-15(17)19(25)23-22-10-13-6-14(20)9-16(21)18(13)24/h2-10,24H,1H3,(H,23,25)/b22-10+. The average Bonchev–Trinajstić information content (AvgIpc) is 2.64. The van der Waals surface area contributed by atoms with Gasteiger partial charge >= 0.3 is 0 Å². The predicted octanol–water partition coefficient (Wildman–Crippen LogP) is 4.84. The van der Waals surface area contributed by atoms with Crippen molar-refractivity contribution in [3.8, 4) is 11.5 Å². The minimum absolute atomic E-state index is 0.0366. The van der Waals surface area contributed by atoms with Gasteiger partial charge in [0.05, 0.1) is 23.4 Å². The first-order chi connectivity index (χ1) is 12.5. The zero-order valence-electron chi connectivity index (χ0n) is 13.7. The van der Waals surface area contributed by atoms with Crippen molar-refractivity contribution in [3.63, 3.8) is 0 Å². The van der Waals surface area contributed by atoms with Crippen molar-refractivity contribution >= 4 is 54.8 Å². The highest BCUT2D eigenvalue weighted by Crippen LogP contribution is 2.30. The molecule has 0 unspecified atom stereocenters. The number of rotatable bonds is 4. The number of nitrogens with one attached hydrogen (secondary N) is 1. The molecule has 3 aromatic carbocycles. The third-order valence-electron chi connectivity index (χ3n) is 3.74. The van der Waals surface area contributed by atoms with Crippen LogP contribution < -0.4 is 10.2 Å². The van der Waals surface area contributed by atoms with Crippen molar-refractivity contribution in [1.29, 1.82) is 0 Å². The number of fused-ring (bicyclic) bond motifs is 1. The summed E-state index contributed by atoms with van der Waals surface area (Å²) < 4.78 is 6.62. The van der Waals surface area contributed by atoms with Crippen LogP contribution >= 0.6 is 31.9 Å². The van der Waals surface area contributed by atoms with Crippen molar-refractivity contribution in [3.05, 3.63) is 68.6 Å². The van der Waals surface area contributed by atoms with E-state index in [0.717, 1.165) is 15.2 Å². The number of methoxy groups -OCH3 is 1. The number of hydrazone groups is 1. The number of benzene rings is 3. The third-order valence-corrected chi connectivity index (χ3v) is 4.80. The van der Waals surface area contributed by atoms with E-state index in [1.54, 1.807) is 18.2 Å². The Bertz CT molecular complexity index is 1020. The Morgan fingerprint density at radius 3 is 2.54 bits per heavy atom. The second kappa shape index (κ2) is 7.88. The lowest BCUT2D eigenvalue weighted by Crippen LogP contribution is -2.18. The Kier molecular flexibility index (Phi) is 5.58. The number of ether oxygens (including phenoxy) is 1. The van der Waals surface area contributed by atoms with Crippen molar-refractivity contribution in [1.82, 2.24) is 5.43 Å². The molecule has 132 valence electrons. The summed E-state index contributed by atoms with van der Waals surface area (Å²) in [7, 11) is 1.52. The molecule has 5 nitrogen and oxygen atoms in total. The molecule has 0 spiro atoms. The number of phenolic OH excluding ortho intramolecular Hbond substituents is 1. The van der Waals surface area contributed by atoms with Crippen molar-refractivity contribution in [2.24, 2.45) is 5.10 Å². The molecule has 7 heteroatoms. The zero-order chi connectivity index (χ0) is 18.7. The molecule has 0 aliphatic heterocycles. The van der Waals surface area contributed by atoms with Gasteiger partial charge in [-0.1, -0.05) is 40.2 Å². The van der Waals surface area contributed by atoms with Crippen LogP contribution in [0.25, 0.3) is 10.8 Å². The van der Waals surface area contributed by atoms with Gasteiger partial charge in [-0.15, -0.1) is 0 Å². The number of carbonyl (C=O) groups excluding carboxylic acids is 1. The SMILES string of the molecule is COc1cc2ccccc2cc1C(=O)N/N=C/c1cc(Br)cc(Br)c1O. The average molecular weight is 478 g/mol. The lowest BCUT2D eigenvalue weighted by molar-refractivity contribution is 0.0952. The number of halogens is 2. The molecule has 0 fully saturated rings. The molecule has 3 rings (SSSR count). The molecular weight excluding hydrogens is 464 g/mol. The Balaban J connectivity index is 1.85.